The molecule has 3 aromatic carbocycles. The molecule has 4 rings (SSSR count). The Morgan fingerprint density at radius 1 is 1.00 bits per heavy atom. The van der Waals surface area contributed by atoms with E-state index in [1.165, 1.54) is 18.2 Å². The molecule has 11 heteroatoms. The largest absolute Gasteiger partial charge is 0.378 e. The Balaban J connectivity index is 1.56. The molecule has 1 amide bonds. The second kappa shape index (κ2) is 10.6. The molecule has 0 saturated carbocycles. The number of aromatic nitrogens is 2. The minimum atomic E-state index is -3.77. The maximum absolute atomic E-state index is 13.0. The van der Waals surface area contributed by atoms with Crippen molar-refractivity contribution in [2.45, 2.75) is 25.7 Å². The van der Waals surface area contributed by atoms with Crippen LogP contribution in [0.25, 0.3) is 22.4 Å². The van der Waals surface area contributed by atoms with Crippen LogP contribution in [-0.2, 0) is 10.0 Å². The van der Waals surface area contributed by atoms with Crippen LogP contribution in [0.1, 0.15) is 31.1 Å². The summed E-state index contributed by atoms with van der Waals surface area (Å²) in [6.07, 6.45) is 0. The molecule has 4 aromatic rings. The number of fused-ring (bicyclic) bond motifs is 1. The smallest absolute Gasteiger partial charge is 0.257 e. The van der Waals surface area contributed by atoms with Gasteiger partial charge in [0, 0.05) is 37.6 Å². The summed E-state index contributed by atoms with van der Waals surface area (Å²) in [5, 5.41) is 3.28. The fraction of sp³-hybridized carbons (Fsp3) is 0.259. The number of imidazole rings is 1. The van der Waals surface area contributed by atoms with Gasteiger partial charge in [-0.05, 0) is 60.0 Å². The van der Waals surface area contributed by atoms with Crippen LogP contribution in [-0.4, -0.2) is 44.9 Å². The Labute approximate surface area is 232 Å². The lowest BCUT2D eigenvalue weighted by Gasteiger charge is -2.19. The zero-order valence-electron chi connectivity index (χ0n) is 21.7. The number of carbonyl (C=O) groups is 1. The van der Waals surface area contributed by atoms with Crippen LogP contribution < -0.4 is 14.9 Å². The Bertz CT molecular complexity index is 1630. The van der Waals surface area contributed by atoms with Crippen LogP contribution >= 0.6 is 23.2 Å². The lowest BCUT2D eigenvalue weighted by molar-refractivity contribution is 0.102. The fourth-order valence-corrected chi connectivity index (χ4v) is 5.48. The molecule has 0 spiro atoms. The number of aromatic amines is 1. The summed E-state index contributed by atoms with van der Waals surface area (Å²) in [4.78, 5) is 22.9. The first-order valence-corrected chi connectivity index (χ1v) is 14.0. The number of H-pyrrole nitrogens is 1. The molecular formula is C27H29Cl2N5O3S. The van der Waals surface area contributed by atoms with Gasteiger partial charge >= 0.3 is 0 Å². The number of anilines is 2. The van der Waals surface area contributed by atoms with Crippen molar-refractivity contribution in [3.05, 3.63) is 70.2 Å². The first-order chi connectivity index (χ1) is 17.7. The average molecular weight is 575 g/mol. The molecular weight excluding hydrogens is 545 g/mol. The van der Waals surface area contributed by atoms with Crippen molar-refractivity contribution in [3.8, 4) is 11.4 Å². The molecule has 0 aliphatic heterocycles. The van der Waals surface area contributed by atoms with Crippen molar-refractivity contribution in [3.63, 3.8) is 0 Å². The van der Waals surface area contributed by atoms with E-state index in [0.29, 0.717) is 22.1 Å². The predicted molar refractivity (Wildman–Crippen MR) is 155 cm³/mol. The number of rotatable bonds is 7. The van der Waals surface area contributed by atoms with E-state index < -0.39 is 15.9 Å². The quantitative estimate of drug-likeness (QED) is 0.244. The van der Waals surface area contributed by atoms with E-state index in [4.69, 9.17) is 23.2 Å². The van der Waals surface area contributed by atoms with Crippen molar-refractivity contribution in [1.82, 2.24) is 14.7 Å². The number of benzene rings is 3. The Morgan fingerprint density at radius 3 is 2.39 bits per heavy atom. The van der Waals surface area contributed by atoms with Crippen LogP contribution in [0.5, 0.6) is 0 Å². The SMILES string of the molecule is CN(C)c1ccc2nc(-c3cc(NC(=O)c4ccc(S(=O)(=O)NCC(C)(C)C)cc4Cl)ccc3Cl)[nH]c2c1. The molecule has 1 heterocycles. The van der Waals surface area contributed by atoms with Crippen LogP contribution in [0.2, 0.25) is 10.0 Å². The summed E-state index contributed by atoms with van der Waals surface area (Å²) in [7, 11) is 0.154. The summed E-state index contributed by atoms with van der Waals surface area (Å²) in [5.41, 5.74) is 3.67. The van der Waals surface area contributed by atoms with Gasteiger partial charge in [-0.1, -0.05) is 44.0 Å². The maximum Gasteiger partial charge on any atom is 0.257 e. The third-order valence-electron chi connectivity index (χ3n) is 5.75. The van der Waals surface area contributed by atoms with Gasteiger partial charge in [0.15, 0.2) is 0 Å². The van der Waals surface area contributed by atoms with Gasteiger partial charge < -0.3 is 15.2 Å². The summed E-state index contributed by atoms with van der Waals surface area (Å²) >= 11 is 12.8. The van der Waals surface area contributed by atoms with Crippen molar-refractivity contribution < 1.29 is 13.2 Å². The normalized spacial score (nSPS) is 12.1. The summed E-state index contributed by atoms with van der Waals surface area (Å²) in [6, 6.07) is 15.0. The molecule has 0 aliphatic carbocycles. The molecule has 38 heavy (non-hydrogen) atoms. The third-order valence-corrected chi connectivity index (χ3v) is 7.79. The van der Waals surface area contributed by atoms with E-state index in [1.807, 2.05) is 58.0 Å². The minimum Gasteiger partial charge on any atom is -0.378 e. The number of nitrogens with one attached hydrogen (secondary N) is 3. The minimum absolute atomic E-state index is 0.0145. The Kier molecular flexibility index (Phi) is 7.76. The zero-order chi connectivity index (χ0) is 27.8. The molecule has 8 nitrogen and oxygen atoms in total. The topological polar surface area (TPSA) is 107 Å². The highest BCUT2D eigenvalue weighted by Gasteiger charge is 2.21. The number of hydrogen-bond donors (Lipinski definition) is 3. The molecule has 0 aliphatic rings. The second-order valence-corrected chi connectivity index (χ2v) is 12.9. The molecule has 1 aromatic heterocycles. The van der Waals surface area contributed by atoms with Crippen molar-refractivity contribution in [2.24, 2.45) is 5.41 Å². The molecule has 0 saturated heterocycles. The third kappa shape index (κ3) is 6.30. The highest BCUT2D eigenvalue weighted by molar-refractivity contribution is 7.89. The summed E-state index contributed by atoms with van der Waals surface area (Å²) in [6.45, 7) is 6.03. The van der Waals surface area contributed by atoms with Crippen molar-refractivity contribution >= 4 is 61.5 Å². The number of nitrogens with zero attached hydrogens (tertiary/aromatic N) is 2. The van der Waals surface area contributed by atoms with Gasteiger partial charge in [0.1, 0.15) is 5.82 Å². The summed E-state index contributed by atoms with van der Waals surface area (Å²) in [5.74, 6) is 0.0717. The van der Waals surface area contributed by atoms with Gasteiger partial charge in [-0.15, -0.1) is 0 Å². The molecule has 200 valence electrons. The second-order valence-electron chi connectivity index (χ2n) is 10.4. The van der Waals surface area contributed by atoms with Gasteiger partial charge in [0.2, 0.25) is 10.0 Å². The predicted octanol–water partition coefficient (Wildman–Crippen LogP) is 6.18. The van der Waals surface area contributed by atoms with E-state index >= 15 is 0 Å². The Hall–Kier alpha value is -3.11. The molecule has 0 unspecified atom stereocenters. The molecule has 3 N–H and O–H groups in total. The van der Waals surface area contributed by atoms with Gasteiger partial charge in [-0.2, -0.15) is 0 Å². The zero-order valence-corrected chi connectivity index (χ0v) is 24.0. The monoisotopic (exact) mass is 573 g/mol. The van der Waals surface area contributed by atoms with Gasteiger partial charge in [0.05, 0.1) is 31.5 Å². The molecule has 0 atom stereocenters. The van der Waals surface area contributed by atoms with Crippen LogP contribution in [0.3, 0.4) is 0 Å². The average Bonchev–Trinajstić information content (AvgIpc) is 3.26. The lowest BCUT2D eigenvalue weighted by atomic mass is 9.98. The first-order valence-electron chi connectivity index (χ1n) is 11.8. The van der Waals surface area contributed by atoms with Gasteiger partial charge in [-0.25, -0.2) is 18.1 Å². The van der Waals surface area contributed by atoms with Gasteiger partial charge in [0.25, 0.3) is 5.91 Å². The van der Waals surface area contributed by atoms with Crippen molar-refractivity contribution in [2.75, 3.05) is 30.9 Å². The highest BCUT2D eigenvalue weighted by Crippen LogP contribution is 2.32. The highest BCUT2D eigenvalue weighted by atomic mass is 35.5. The van der Waals surface area contributed by atoms with E-state index in [-0.39, 0.29) is 27.4 Å². The number of amides is 1. The standard InChI is InChI=1S/C27H29Cl2N5O3S/c1-27(2,3)15-30-38(36,37)18-8-9-19(22(29)14-18)26(35)31-16-6-10-21(28)20(12-16)25-32-23-11-7-17(34(4)5)13-24(23)33-25/h6-14,30H,15H2,1-5H3,(H,31,35)(H,32,33). The summed E-state index contributed by atoms with van der Waals surface area (Å²) < 4.78 is 27.8. The molecule has 0 radical (unpaired) electrons. The van der Waals surface area contributed by atoms with Crippen LogP contribution in [0.15, 0.2) is 59.5 Å². The number of hydrogen-bond acceptors (Lipinski definition) is 5. The van der Waals surface area contributed by atoms with E-state index in [9.17, 15) is 13.2 Å². The van der Waals surface area contributed by atoms with Gasteiger partial charge in [-0.3, -0.25) is 4.79 Å². The number of carbonyl (C=O) groups excluding carboxylic acids is 1. The van der Waals surface area contributed by atoms with Crippen LogP contribution in [0, 0.1) is 5.41 Å². The Morgan fingerprint density at radius 2 is 1.74 bits per heavy atom. The van der Waals surface area contributed by atoms with E-state index in [1.54, 1.807) is 18.2 Å². The first kappa shape index (κ1) is 27.9. The maximum atomic E-state index is 13.0. The number of halogens is 2. The van der Waals surface area contributed by atoms with Crippen LogP contribution in [0.4, 0.5) is 11.4 Å². The lowest BCUT2D eigenvalue weighted by Crippen LogP contribution is -2.32. The molecule has 0 bridgehead atoms. The van der Waals surface area contributed by atoms with E-state index in [0.717, 1.165) is 16.7 Å². The van der Waals surface area contributed by atoms with Crippen molar-refractivity contribution in [1.29, 1.82) is 0 Å². The number of sulfonamides is 1. The fourth-order valence-electron chi connectivity index (χ4n) is 3.63. The molecule has 0 fully saturated rings. The van der Waals surface area contributed by atoms with E-state index in [2.05, 4.69) is 20.0 Å².